The van der Waals surface area contributed by atoms with E-state index in [0.29, 0.717) is 30.3 Å². The highest BCUT2D eigenvalue weighted by Gasteiger charge is 2.18. The van der Waals surface area contributed by atoms with Gasteiger partial charge in [-0.15, -0.1) is 0 Å². The van der Waals surface area contributed by atoms with Crippen molar-refractivity contribution in [3.8, 4) is 23.0 Å². The molecule has 0 fully saturated rings. The lowest BCUT2D eigenvalue weighted by molar-refractivity contribution is 0.0693. The Morgan fingerprint density at radius 2 is 1.81 bits per heavy atom. The van der Waals surface area contributed by atoms with Crippen LogP contribution in [0.1, 0.15) is 73.4 Å². The minimum Gasteiger partial charge on any atom is -0.507 e. The molecule has 0 heterocycles. The van der Waals surface area contributed by atoms with Crippen molar-refractivity contribution in [1.29, 1.82) is 0 Å². The molecule has 0 spiro atoms. The molecule has 1 atom stereocenters. The summed E-state index contributed by atoms with van der Waals surface area (Å²) >= 11 is 0. The summed E-state index contributed by atoms with van der Waals surface area (Å²) in [6, 6.07) is 9.01. The van der Waals surface area contributed by atoms with Gasteiger partial charge in [0.15, 0.2) is 11.5 Å². The second-order valence-corrected chi connectivity index (χ2v) is 7.68. The number of carbonyl (C=O) groups is 1. The number of rotatable bonds is 13. The summed E-state index contributed by atoms with van der Waals surface area (Å²) in [5, 5.41) is 19.5. The third-order valence-corrected chi connectivity index (χ3v) is 5.47. The maximum Gasteiger partial charge on any atom is 0.339 e. The van der Waals surface area contributed by atoms with Crippen LogP contribution in [0.4, 0.5) is 0 Å². The van der Waals surface area contributed by atoms with Gasteiger partial charge in [0.25, 0.3) is 0 Å². The first kappa shape index (κ1) is 24.4. The van der Waals surface area contributed by atoms with Gasteiger partial charge in [-0.25, -0.2) is 4.79 Å². The fraction of sp³-hybridized carbons (Fsp3) is 0.480. The van der Waals surface area contributed by atoms with Crippen molar-refractivity contribution in [3.63, 3.8) is 0 Å². The topological polar surface area (TPSA) is 85.2 Å². The van der Waals surface area contributed by atoms with E-state index in [1.807, 2.05) is 19.1 Å². The summed E-state index contributed by atoms with van der Waals surface area (Å²) in [6.07, 6.45) is 5.34. The fourth-order valence-electron chi connectivity index (χ4n) is 3.78. The SMILES string of the molecule is CCCc1c(OCCCCCC(C)c2cccc(OC)c2OC)ccc(C(=O)O)c1O. The molecule has 31 heavy (non-hydrogen) atoms. The highest BCUT2D eigenvalue weighted by Crippen LogP contribution is 2.37. The molecule has 0 aliphatic carbocycles. The minimum absolute atomic E-state index is 0.0854. The Morgan fingerprint density at radius 1 is 1.03 bits per heavy atom. The van der Waals surface area contributed by atoms with Crippen LogP contribution in [-0.2, 0) is 6.42 Å². The molecule has 0 aromatic heterocycles. The van der Waals surface area contributed by atoms with E-state index in [1.165, 1.54) is 6.07 Å². The van der Waals surface area contributed by atoms with Crippen LogP contribution in [0.25, 0.3) is 0 Å². The number of hydrogen-bond acceptors (Lipinski definition) is 5. The lowest BCUT2D eigenvalue weighted by Crippen LogP contribution is -2.05. The van der Waals surface area contributed by atoms with Crippen LogP contribution in [0.3, 0.4) is 0 Å². The fourth-order valence-corrected chi connectivity index (χ4v) is 3.78. The van der Waals surface area contributed by atoms with Crippen molar-refractivity contribution < 1.29 is 29.2 Å². The second kappa shape index (κ2) is 12.1. The Labute approximate surface area is 184 Å². The number of aromatic hydroxyl groups is 1. The molecule has 6 heteroatoms. The van der Waals surface area contributed by atoms with Gasteiger partial charge in [0, 0.05) is 11.1 Å². The third-order valence-electron chi connectivity index (χ3n) is 5.47. The lowest BCUT2D eigenvalue weighted by Gasteiger charge is -2.18. The number of carboxylic acid groups (broad SMARTS) is 1. The molecule has 0 aliphatic heterocycles. The van der Waals surface area contributed by atoms with E-state index in [-0.39, 0.29) is 11.3 Å². The zero-order valence-corrected chi connectivity index (χ0v) is 18.9. The monoisotopic (exact) mass is 430 g/mol. The van der Waals surface area contributed by atoms with Crippen molar-refractivity contribution in [1.82, 2.24) is 0 Å². The summed E-state index contributed by atoms with van der Waals surface area (Å²) < 4.78 is 16.8. The summed E-state index contributed by atoms with van der Waals surface area (Å²) in [5.41, 5.74) is 1.63. The van der Waals surface area contributed by atoms with Gasteiger partial charge in [-0.1, -0.05) is 45.2 Å². The number of methoxy groups -OCH3 is 2. The Bertz CT molecular complexity index is 861. The van der Waals surface area contributed by atoms with Crippen LogP contribution in [0, 0.1) is 0 Å². The number of hydrogen-bond donors (Lipinski definition) is 2. The van der Waals surface area contributed by atoms with Gasteiger partial charge in [0.2, 0.25) is 0 Å². The Morgan fingerprint density at radius 3 is 2.45 bits per heavy atom. The van der Waals surface area contributed by atoms with Gasteiger partial charge < -0.3 is 24.4 Å². The molecule has 0 bridgehead atoms. The van der Waals surface area contributed by atoms with Crippen LogP contribution in [-0.4, -0.2) is 37.0 Å². The zero-order chi connectivity index (χ0) is 22.8. The van der Waals surface area contributed by atoms with Crippen molar-refractivity contribution in [3.05, 3.63) is 47.0 Å². The Balaban J connectivity index is 1.85. The number of para-hydroxylation sites is 1. The van der Waals surface area contributed by atoms with E-state index in [4.69, 9.17) is 14.2 Å². The molecule has 170 valence electrons. The van der Waals surface area contributed by atoms with E-state index in [0.717, 1.165) is 49.2 Å². The van der Waals surface area contributed by atoms with E-state index in [2.05, 4.69) is 13.0 Å². The molecule has 2 N–H and O–H groups in total. The molecule has 0 saturated carbocycles. The summed E-state index contributed by atoms with van der Waals surface area (Å²) in [6.45, 7) is 4.70. The first-order chi connectivity index (χ1) is 14.9. The average molecular weight is 431 g/mol. The largest absolute Gasteiger partial charge is 0.507 e. The van der Waals surface area contributed by atoms with Crippen molar-refractivity contribution >= 4 is 5.97 Å². The molecule has 2 aromatic carbocycles. The van der Waals surface area contributed by atoms with Gasteiger partial charge in [0.05, 0.1) is 20.8 Å². The quantitative estimate of drug-likeness (QED) is 0.391. The third kappa shape index (κ3) is 6.29. The predicted molar refractivity (Wildman–Crippen MR) is 121 cm³/mol. The summed E-state index contributed by atoms with van der Waals surface area (Å²) in [7, 11) is 3.31. The molecule has 1 unspecified atom stereocenters. The Hall–Kier alpha value is -2.89. The molecule has 0 amide bonds. The zero-order valence-electron chi connectivity index (χ0n) is 18.9. The molecular formula is C25H34O6. The van der Waals surface area contributed by atoms with E-state index in [1.54, 1.807) is 20.3 Å². The molecule has 2 rings (SSSR count). The molecule has 2 aromatic rings. The Kier molecular flexibility index (Phi) is 9.50. The normalized spacial score (nSPS) is 11.7. The van der Waals surface area contributed by atoms with Gasteiger partial charge in [-0.05, 0) is 43.4 Å². The number of ether oxygens (including phenoxy) is 3. The van der Waals surface area contributed by atoms with Gasteiger partial charge in [-0.2, -0.15) is 0 Å². The van der Waals surface area contributed by atoms with Crippen LogP contribution < -0.4 is 14.2 Å². The molecular weight excluding hydrogens is 396 g/mol. The van der Waals surface area contributed by atoms with Gasteiger partial charge in [0.1, 0.15) is 17.1 Å². The van der Waals surface area contributed by atoms with Crippen LogP contribution >= 0.6 is 0 Å². The summed E-state index contributed by atoms with van der Waals surface area (Å²) in [4.78, 5) is 11.2. The second-order valence-electron chi connectivity index (χ2n) is 7.68. The predicted octanol–water partition coefficient (Wildman–Crippen LogP) is 5.80. The van der Waals surface area contributed by atoms with Crippen LogP contribution in [0.15, 0.2) is 30.3 Å². The smallest absolute Gasteiger partial charge is 0.339 e. The standard InChI is InChI=1S/C25H34O6/c1-5-10-19-21(15-14-20(23(19)26)25(27)28)31-16-8-6-7-11-17(2)18-12-9-13-22(29-3)24(18)30-4/h9,12-15,17,26H,5-8,10-11,16H2,1-4H3,(H,27,28). The first-order valence-corrected chi connectivity index (χ1v) is 10.9. The maximum atomic E-state index is 11.2. The average Bonchev–Trinajstić information content (AvgIpc) is 2.77. The van der Waals surface area contributed by atoms with Crippen molar-refractivity contribution in [2.75, 3.05) is 20.8 Å². The molecule has 0 saturated heterocycles. The van der Waals surface area contributed by atoms with Gasteiger partial charge in [-0.3, -0.25) is 0 Å². The lowest BCUT2D eigenvalue weighted by atomic mass is 9.94. The summed E-state index contributed by atoms with van der Waals surface area (Å²) in [5.74, 6) is 1.15. The number of aromatic carboxylic acids is 1. The van der Waals surface area contributed by atoms with Crippen LogP contribution in [0.5, 0.6) is 23.0 Å². The minimum atomic E-state index is -1.14. The number of benzene rings is 2. The van der Waals surface area contributed by atoms with E-state index < -0.39 is 5.97 Å². The molecule has 0 aliphatic rings. The number of phenols is 1. The molecule has 6 nitrogen and oxygen atoms in total. The highest BCUT2D eigenvalue weighted by molar-refractivity contribution is 5.91. The maximum absolute atomic E-state index is 11.2. The van der Waals surface area contributed by atoms with Gasteiger partial charge >= 0.3 is 5.97 Å². The number of carboxylic acids is 1. The molecule has 0 radical (unpaired) electrons. The van der Waals surface area contributed by atoms with E-state index >= 15 is 0 Å². The first-order valence-electron chi connectivity index (χ1n) is 10.9. The van der Waals surface area contributed by atoms with Crippen molar-refractivity contribution in [2.24, 2.45) is 0 Å². The highest BCUT2D eigenvalue weighted by atomic mass is 16.5. The number of unbranched alkanes of at least 4 members (excludes halogenated alkanes) is 2. The van der Waals surface area contributed by atoms with Crippen molar-refractivity contribution in [2.45, 2.75) is 58.3 Å². The van der Waals surface area contributed by atoms with E-state index in [9.17, 15) is 15.0 Å². The van der Waals surface area contributed by atoms with Crippen LogP contribution in [0.2, 0.25) is 0 Å².